The lowest BCUT2D eigenvalue weighted by molar-refractivity contribution is -0.153. The van der Waals surface area contributed by atoms with Gasteiger partial charge in [0.15, 0.2) is 0 Å². The first-order chi connectivity index (χ1) is 6.76. The molecule has 0 radical (unpaired) electrons. The normalized spacial score (nSPS) is 31.6. The highest BCUT2D eigenvalue weighted by Crippen LogP contribution is 2.44. The zero-order valence-electron chi connectivity index (χ0n) is 8.20. The van der Waals surface area contributed by atoms with Gasteiger partial charge in [-0.25, -0.2) is 0 Å². The summed E-state index contributed by atoms with van der Waals surface area (Å²) in [7, 11) is 0. The molecule has 2 aliphatic rings. The van der Waals surface area contributed by atoms with E-state index in [2.05, 4.69) is 0 Å². The molecule has 4 heteroatoms. The molecule has 0 aromatic heterocycles. The van der Waals surface area contributed by atoms with Crippen molar-refractivity contribution in [3.63, 3.8) is 0 Å². The molecule has 0 saturated carbocycles. The molecular weight excluding hydrogens is 200 g/mol. The number of carboxylic acids is 1. The van der Waals surface area contributed by atoms with Crippen LogP contribution < -0.4 is 0 Å². The molecule has 2 aliphatic heterocycles. The Hall–Kier alpha value is -0.220. The monoisotopic (exact) mass is 216 g/mol. The zero-order valence-corrected chi connectivity index (χ0v) is 9.02. The van der Waals surface area contributed by atoms with Crippen LogP contribution in [0, 0.1) is 11.3 Å². The lowest BCUT2D eigenvalue weighted by Gasteiger charge is -2.37. The highest BCUT2D eigenvalue weighted by molar-refractivity contribution is 7.99. The van der Waals surface area contributed by atoms with Gasteiger partial charge in [-0.1, -0.05) is 0 Å². The molecule has 0 aliphatic carbocycles. The molecule has 0 amide bonds. The molecule has 2 heterocycles. The second kappa shape index (κ2) is 4.11. The number of aliphatic carboxylic acids is 1. The number of hydrogen-bond acceptors (Lipinski definition) is 3. The quantitative estimate of drug-likeness (QED) is 0.762. The summed E-state index contributed by atoms with van der Waals surface area (Å²) in [5, 5.41) is 9.38. The minimum Gasteiger partial charge on any atom is -0.481 e. The number of hydrogen-bond donors (Lipinski definition) is 1. The molecule has 2 saturated heterocycles. The third-order valence-corrected chi connectivity index (χ3v) is 4.51. The molecule has 2 fully saturated rings. The van der Waals surface area contributed by atoms with Crippen LogP contribution in [0.15, 0.2) is 0 Å². The predicted octanol–water partition coefficient (Wildman–Crippen LogP) is 1.62. The Morgan fingerprint density at radius 2 is 2.14 bits per heavy atom. The summed E-state index contributed by atoms with van der Waals surface area (Å²) in [6.45, 7) is 1.39. The minimum atomic E-state index is -0.603. The van der Waals surface area contributed by atoms with E-state index in [1.807, 2.05) is 11.8 Å². The standard InChI is InChI=1S/C10H16O3S/c11-9(12)10(2-5-14-6-3-10)8-1-4-13-7-8/h8H,1-7H2,(H,11,12). The van der Waals surface area contributed by atoms with Crippen molar-refractivity contribution in [2.24, 2.45) is 11.3 Å². The van der Waals surface area contributed by atoms with Crippen LogP contribution in [0.4, 0.5) is 0 Å². The van der Waals surface area contributed by atoms with Crippen LogP contribution in [0.5, 0.6) is 0 Å². The Morgan fingerprint density at radius 3 is 2.64 bits per heavy atom. The van der Waals surface area contributed by atoms with Crippen LogP contribution in [0.1, 0.15) is 19.3 Å². The summed E-state index contributed by atoms with van der Waals surface area (Å²) in [6.07, 6.45) is 2.57. The maximum absolute atomic E-state index is 11.4. The smallest absolute Gasteiger partial charge is 0.310 e. The minimum absolute atomic E-state index is 0.251. The summed E-state index contributed by atoms with van der Waals surface area (Å²) in [5.41, 5.74) is -0.470. The Bertz CT molecular complexity index is 217. The van der Waals surface area contributed by atoms with E-state index in [0.717, 1.165) is 37.4 Å². The van der Waals surface area contributed by atoms with Crippen LogP contribution in [0.25, 0.3) is 0 Å². The Labute approximate surface area is 88.2 Å². The van der Waals surface area contributed by atoms with E-state index in [4.69, 9.17) is 4.74 Å². The third kappa shape index (κ3) is 1.65. The summed E-state index contributed by atoms with van der Waals surface area (Å²) in [4.78, 5) is 11.4. The van der Waals surface area contributed by atoms with Gasteiger partial charge in [-0.2, -0.15) is 11.8 Å². The summed E-state index contributed by atoms with van der Waals surface area (Å²) >= 11 is 1.87. The fourth-order valence-corrected chi connectivity index (χ4v) is 3.72. The van der Waals surface area contributed by atoms with Crippen LogP contribution >= 0.6 is 11.8 Å². The molecule has 80 valence electrons. The maximum Gasteiger partial charge on any atom is 0.310 e. The number of ether oxygens (including phenoxy) is 1. The van der Waals surface area contributed by atoms with Crippen molar-refractivity contribution >= 4 is 17.7 Å². The van der Waals surface area contributed by atoms with E-state index in [9.17, 15) is 9.90 Å². The van der Waals surface area contributed by atoms with E-state index in [-0.39, 0.29) is 5.92 Å². The van der Waals surface area contributed by atoms with Crippen LogP contribution in [0.3, 0.4) is 0 Å². The lowest BCUT2D eigenvalue weighted by Crippen LogP contribution is -2.42. The molecular formula is C10H16O3S. The van der Waals surface area contributed by atoms with E-state index in [1.54, 1.807) is 0 Å². The highest BCUT2D eigenvalue weighted by Gasteiger charge is 2.47. The van der Waals surface area contributed by atoms with Crippen molar-refractivity contribution < 1.29 is 14.6 Å². The zero-order chi connectivity index (χ0) is 10.0. The van der Waals surface area contributed by atoms with Gasteiger partial charge in [0.05, 0.1) is 12.0 Å². The van der Waals surface area contributed by atoms with Gasteiger partial charge in [-0.05, 0) is 30.8 Å². The first kappa shape index (κ1) is 10.3. The number of carbonyl (C=O) groups is 1. The molecule has 3 nitrogen and oxygen atoms in total. The first-order valence-electron chi connectivity index (χ1n) is 5.14. The Balaban J connectivity index is 2.15. The third-order valence-electron chi connectivity index (χ3n) is 3.52. The first-order valence-corrected chi connectivity index (χ1v) is 6.30. The van der Waals surface area contributed by atoms with Gasteiger partial charge < -0.3 is 9.84 Å². The van der Waals surface area contributed by atoms with Crippen LogP contribution in [-0.2, 0) is 9.53 Å². The van der Waals surface area contributed by atoms with Crippen molar-refractivity contribution in [3.8, 4) is 0 Å². The summed E-state index contributed by atoms with van der Waals surface area (Å²) in [6, 6.07) is 0. The average molecular weight is 216 g/mol. The molecule has 0 aromatic rings. The molecule has 0 bridgehead atoms. The van der Waals surface area contributed by atoms with Crippen molar-refractivity contribution in [1.82, 2.24) is 0 Å². The maximum atomic E-state index is 11.4. The van der Waals surface area contributed by atoms with Gasteiger partial charge in [0.25, 0.3) is 0 Å². The van der Waals surface area contributed by atoms with E-state index < -0.39 is 11.4 Å². The van der Waals surface area contributed by atoms with Gasteiger partial charge in [0, 0.05) is 12.5 Å². The number of rotatable bonds is 2. The molecule has 0 spiro atoms. The van der Waals surface area contributed by atoms with Crippen LogP contribution in [0.2, 0.25) is 0 Å². The fourth-order valence-electron chi connectivity index (χ4n) is 2.50. The van der Waals surface area contributed by atoms with Gasteiger partial charge >= 0.3 is 5.97 Å². The largest absolute Gasteiger partial charge is 0.481 e. The molecule has 1 unspecified atom stereocenters. The van der Waals surface area contributed by atoms with Gasteiger partial charge in [-0.15, -0.1) is 0 Å². The topological polar surface area (TPSA) is 46.5 Å². The fraction of sp³-hybridized carbons (Fsp3) is 0.900. The van der Waals surface area contributed by atoms with Crippen molar-refractivity contribution in [2.75, 3.05) is 24.7 Å². The molecule has 1 atom stereocenters. The second-order valence-corrected chi connectivity index (χ2v) is 5.36. The Morgan fingerprint density at radius 1 is 1.43 bits per heavy atom. The van der Waals surface area contributed by atoms with Crippen LogP contribution in [-0.4, -0.2) is 35.8 Å². The number of thioether (sulfide) groups is 1. The molecule has 0 aromatic carbocycles. The van der Waals surface area contributed by atoms with E-state index in [0.29, 0.717) is 6.61 Å². The average Bonchev–Trinajstić information content (AvgIpc) is 2.72. The molecule has 14 heavy (non-hydrogen) atoms. The highest BCUT2D eigenvalue weighted by atomic mass is 32.2. The Kier molecular flexibility index (Phi) is 3.02. The van der Waals surface area contributed by atoms with Gasteiger partial charge in [-0.3, -0.25) is 4.79 Å². The van der Waals surface area contributed by atoms with Gasteiger partial charge in [0.2, 0.25) is 0 Å². The van der Waals surface area contributed by atoms with E-state index >= 15 is 0 Å². The summed E-state index contributed by atoms with van der Waals surface area (Å²) < 4.78 is 5.32. The molecule has 1 N–H and O–H groups in total. The SMILES string of the molecule is O=C(O)C1(C2CCOC2)CCSCC1. The van der Waals surface area contributed by atoms with Crippen molar-refractivity contribution in [1.29, 1.82) is 0 Å². The number of carboxylic acid groups (broad SMARTS) is 1. The molecule has 2 rings (SSSR count). The van der Waals surface area contributed by atoms with Crippen molar-refractivity contribution in [2.45, 2.75) is 19.3 Å². The second-order valence-electron chi connectivity index (χ2n) is 4.13. The lowest BCUT2D eigenvalue weighted by atomic mass is 9.70. The van der Waals surface area contributed by atoms with E-state index in [1.165, 1.54) is 0 Å². The summed E-state index contributed by atoms with van der Waals surface area (Å²) in [5.74, 6) is 1.63. The van der Waals surface area contributed by atoms with Crippen molar-refractivity contribution in [3.05, 3.63) is 0 Å². The predicted molar refractivity (Wildman–Crippen MR) is 55.6 cm³/mol. The van der Waals surface area contributed by atoms with Gasteiger partial charge in [0.1, 0.15) is 0 Å².